The van der Waals surface area contributed by atoms with Crippen molar-refractivity contribution in [3.8, 4) is 5.75 Å². The van der Waals surface area contributed by atoms with Crippen molar-refractivity contribution in [1.82, 2.24) is 4.90 Å². The van der Waals surface area contributed by atoms with E-state index >= 15 is 0 Å². The maximum atomic E-state index is 12.1. The van der Waals surface area contributed by atoms with Gasteiger partial charge in [0.1, 0.15) is 5.75 Å². The SMILES string of the molecule is CN(CC(N)=O)C(=O)c1cc2ccccc2cc1O. The Kier molecular flexibility index (Phi) is 3.37. The minimum atomic E-state index is -0.601. The second-order valence-corrected chi connectivity index (χ2v) is 4.34. The van der Waals surface area contributed by atoms with Gasteiger partial charge in [-0.1, -0.05) is 24.3 Å². The maximum absolute atomic E-state index is 12.1. The summed E-state index contributed by atoms with van der Waals surface area (Å²) in [6, 6.07) is 10.5. The molecule has 0 bridgehead atoms. The average molecular weight is 258 g/mol. The predicted molar refractivity (Wildman–Crippen MR) is 71.8 cm³/mol. The minimum absolute atomic E-state index is 0.111. The molecule has 2 amide bonds. The van der Waals surface area contributed by atoms with Gasteiger partial charge in [0.15, 0.2) is 0 Å². The second kappa shape index (κ2) is 4.97. The first kappa shape index (κ1) is 12.9. The largest absolute Gasteiger partial charge is 0.507 e. The molecule has 5 heteroatoms. The number of phenolic OH excluding ortho intramolecular Hbond substituents is 1. The Labute approximate surface area is 110 Å². The van der Waals surface area contributed by atoms with Crippen molar-refractivity contribution in [2.45, 2.75) is 0 Å². The van der Waals surface area contributed by atoms with Crippen molar-refractivity contribution in [1.29, 1.82) is 0 Å². The number of hydrogen-bond acceptors (Lipinski definition) is 3. The van der Waals surface area contributed by atoms with Crippen LogP contribution in [0.5, 0.6) is 5.75 Å². The smallest absolute Gasteiger partial charge is 0.257 e. The third-order valence-corrected chi connectivity index (χ3v) is 2.83. The molecular weight excluding hydrogens is 244 g/mol. The number of aromatic hydroxyl groups is 1. The zero-order valence-electron chi connectivity index (χ0n) is 10.5. The molecule has 0 radical (unpaired) electrons. The van der Waals surface area contributed by atoms with Gasteiger partial charge >= 0.3 is 0 Å². The summed E-state index contributed by atoms with van der Waals surface area (Å²) in [6.45, 7) is -0.189. The fourth-order valence-corrected chi connectivity index (χ4v) is 1.91. The summed E-state index contributed by atoms with van der Waals surface area (Å²) >= 11 is 0. The summed E-state index contributed by atoms with van der Waals surface area (Å²) in [5.74, 6) is -1.15. The van der Waals surface area contributed by atoms with Gasteiger partial charge in [0.05, 0.1) is 12.1 Å². The van der Waals surface area contributed by atoms with Gasteiger partial charge in [0, 0.05) is 7.05 Å². The second-order valence-electron chi connectivity index (χ2n) is 4.34. The van der Waals surface area contributed by atoms with Crippen LogP contribution in [0, 0.1) is 0 Å². The van der Waals surface area contributed by atoms with Crippen molar-refractivity contribution < 1.29 is 14.7 Å². The molecule has 0 heterocycles. The van der Waals surface area contributed by atoms with Crippen LogP contribution in [0.1, 0.15) is 10.4 Å². The zero-order chi connectivity index (χ0) is 14.0. The Bertz CT molecular complexity index is 652. The van der Waals surface area contributed by atoms with Crippen LogP contribution in [0.25, 0.3) is 10.8 Å². The molecule has 0 saturated carbocycles. The number of benzene rings is 2. The van der Waals surface area contributed by atoms with Crippen LogP contribution in [-0.4, -0.2) is 35.4 Å². The highest BCUT2D eigenvalue weighted by Crippen LogP contribution is 2.25. The van der Waals surface area contributed by atoms with Gasteiger partial charge in [-0.3, -0.25) is 9.59 Å². The first-order valence-corrected chi connectivity index (χ1v) is 5.74. The quantitative estimate of drug-likeness (QED) is 0.864. The lowest BCUT2D eigenvalue weighted by Gasteiger charge is -2.16. The van der Waals surface area contributed by atoms with E-state index in [0.717, 1.165) is 10.8 Å². The number of likely N-dealkylation sites (N-methyl/N-ethyl adjacent to an activating group) is 1. The molecule has 19 heavy (non-hydrogen) atoms. The van der Waals surface area contributed by atoms with E-state index in [9.17, 15) is 14.7 Å². The van der Waals surface area contributed by atoms with Gasteiger partial charge in [-0.2, -0.15) is 0 Å². The molecule has 2 aromatic carbocycles. The molecule has 2 rings (SSSR count). The molecule has 0 aliphatic carbocycles. The van der Waals surface area contributed by atoms with E-state index in [-0.39, 0.29) is 17.9 Å². The summed E-state index contributed by atoms with van der Waals surface area (Å²) in [5.41, 5.74) is 5.20. The van der Waals surface area contributed by atoms with E-state index < -0.39 is 11.8 Å². The van der Waals surface area contributed by atoms with E-state index in [1.54, 1.807) is 6.07 Å². The summed E-state index contributed by atoms with van der Waals surface area (Å²) in [5, 5.41) is 11.6. The number of nitrogens with two attached hydrogens (primary N) is 1. The van der Waals surface area contributed by atoms with E-state index in [1.807, 2.05) is 24.3 Å². The van der Waals surface area contributed by atoms with Crippen LogP contribution in [0.4, 0.5) is 0 Å². The Hall–Kier alpha value is -2.56. The van der Waals surface area contributed by atoms with Crippen molar-refractivity contribution in [3.05, 3.63) is 42.0 Å². The summed E-state index contributed by atoms with van der Waals surface area (Å²) in [4.78, 5) is 24.1. The fourth-order valence-electron chi connectivity index (χ4n) is 1.91. The van der Waals surface area contributed by atoms with Gasteiger partial charge in [-0.05, 0) is 22.9 Å². The van der Waals surface area contributed by atoms with E-state index in [2.05, 4.69) is 0 Å². The number of rotatable bonds is 3. The van der Waals surface area contributed by atoms with Crippen molar-refractivity contribution in [2.24, 2.45) is 5.73 Å². The highest BCUT2D eigenvalue weighted by Gasteiger charge is 2.17. The number of phenols is 1. The highest BCUT2D eigenvalue weighted by atomic mass is 16.3. The Morgan fingerprint density at radius 3 is 2.37 bits per heavy atom. The first-order chi connectivity index (χ1) is 8.99. The normalized spacial score (nSPS) is 10.4. The molecule has 3 N–H and O–H groups in total. The molecule has 0 saturated heterocycles. The topological polar surface area (TPSA) is 83.6 Å². The molecule has 0 aromatic heterocycles. The van der Waals surface area contributed by atoms with Crippen molar-refractivity contribution in [2.75, 3.05) is 13.6 Å². The standard InChI is InChI=1S/C14H14N2O3/c1-16(8-13(15)18)14(19)11-6-9-4-2-3-5-10(9)7-12(11)17/h2-7,17H,8H2,1H3,(H2,15,18). The number of fused-ring (bicyclic) bond motifs is 1. The fraction of sp³-hybridized carbons (Fsp3) is 0.143. The van der Waals surface area contributed by atoms with Gasteiger partial charge in [0.25, 0.3) is 5.91 Å². The summed E-state index contributed by atoms with van der Waals surface area (Å²) < 4.78 is 0. The van der Waals surface area contributed by atoms with Gasteiger partial charge in [0.2, 0.25) is 5.91 Å². The van der Waals surface area contributed by atoms with Gasteiger partial charge < -0.3 is 15.7 Å². The Balaban J connectivity index is 2.41. The van der Waals surface area contributed by atoms with Crippen molar-refractivity contribution >= 4 is 22.6 Å². The number of primary amides is 1. The van der Waals surface area contributed by atoms with E-state index in [4.69, 9.17) is 5.73 Å². The minimum Gasteiger partial charge on any atom is -0.507 e. The molecule has 2 aromatic rings. The lowest BCUT2D eigenvalue weighted by Crippen LogP contribution is -2.35. The number of hydrogen-bond donors (Lipinski definition) is 2. The number of carbonyl (C=O) groups is 2. The third-order valence-electron chi connectivity index (χ3n) is 2.83. The van der Waals surface area contributed by atoms with Crippen molar-refractivity contribution in [3.63, 3.8) is 0 Å². The van der Waals surface area contributed by atoms with Crippen LogP contribution in [0.3, 0.4) is 0 Å². The van der Waals surface area contributed by atoms with Crippen LogP contribution in [0.15, 0.2) is 36.4 Å². The van der Waals surface area contributed by atoms with Gasteiger partial charge in [-0.25, -0.2) is 0 Å². The third kappa shape index (κ3) is 2.65. The van der Waals surface area contributed by atoms with Gasteiger partial charge in [-0.15, -0.1) is 0 Å². The predicted octanol–water partition coefficient (Wildman–Crippen LogP) is 1.10. The molecule has 0 spiro atoms. The Morgan fingerprint density at radius 1 is 1.21 bits per heavy atom. The van der Waals surface area contributed by atoms with Crippen LogP contribution < -0.4 is 5.73 Å². The van der Waals surface area contributed by atoms with Crippen LogP contribution >= 0.6 is 0 Å². The molecule has 0 aliphatic heterocycles. The molecule has 5 nitrogen and oxygen atoms in total. The lowest BCUT2D eigenvalue weighted by molar-refractivity contribution is -0.118. The first-order valence-electron chi connectivity index (χ1n) is 5.74. The lowest BCUT2D eigenvalue weighted by atomic mass is 10.1. The Morgan fingerprint density at radius 2 is 1.79 bits per heavy atom. The molecular formula is C14H14N2O3. The monoisotopic (exact) mass is 258 g/mol. The number of nitrogens with zero attached hydrogens (tertiary/aromatic N) is 1. The summed E-state index contributed by atoms with van der Waals surface area (Å²) in [7, 11) is 1.46. The van der Waals surface area contributed by atoms with E-state index in [0.29, 0.717) is 0 Å². The zero-order valence-corrected chi connectivity index (χ0v) is 10.5. The van der Waals surface area contributed by atoms with E-state index in [1.165, 1.54) is 18.0 Å². The molecule has 98 valence electrons. The van der Waals surface area contributed by atoms with Crippen LogP contribution in [0.2, 0.25) is 0 Å². The number of amides is 2. The molecule has 0 unspecified atom stereocenters. The highest BCUT2D eigenvalue weighted by molar-refractivity contribution is 6.02. The number of carbonyl (C=O) groups excluding carboxylic acids is 2. The molecule has 0 fully saturated rings. The van der Waals surface area contributed by atoms with Crippen LogP contribution in [-0.2, 0) is 4.79 Å². The average Bonchev–Trinajstić information content (AvgIpc) is 2.36. The summed E-state index contributed by atoms with van der Waals surface area (Å²) in [6.07, 6.45) is 0. The molecule has 0 atom stereocenters. The maximum Gasteiger partial charge on any atom is 0.257 e. The molecule has 0 aliphatic rings.